The van der Waals surface area contributed by atoms with E-state index in [1.165, 1.54) is 0 Å². The van der Waals surface area contributed by atoms with Crippen LogP contribution in [0.4, 0.5) is 5.82 Å². The molecule has 10 nitrogen and oxygen atoms in total. The molecule has 0 amide bonds. The monoisotopic (exact) mass is 419 g/mol. The van der Waals surface area contributed by atoms with Crippen molar-refractivity contribution in [1.29, 1.82) is 0 Å². The first-order chi connectivity index (χ1) is 14.6. The van der Waals surface area contributed by atoms with Crippen LogP contribution in [0.3, 0.4) is 0 Å². The fourth-order valence-corrected chi connectivity index (χ4v) is 3.99. The minimum atomic E-state index is -0.252. The molecule has 0 aromatic carbocycles. The average Bonchev–Trinajstić information content (AvgIpc) is 3.22. The van der Waals surface area contributed by atoms with E-state index in [-0.39, 0.29) is 18.9 Å². The molecule has 166 valence electrons. The highest BCUT2D eigenvalue weighted by atomic mass is 16.5. The maximum Gasteiger partial charge on any atom is 0.167 e. The third-order valence-corrected chi connectivity index (χ3v) is 6.02. The van der Waals surface area contributed by atoms with E-state index in [1.54, 1.807) is 12.7 Å². The lowest BCUT2D eigenvalue weighted by Gasteiger charge is -2.39. The van der Waals surface area contributed by atoms with Crippen LogP contribution in [0, 0.1) is 0 Å². The van der Waals surface area contributed by atoms with Gasteiger partial charge in [-0.25, -0.2) is 15.0 Å². The zero-order valence-electron chi connectivity index (χ0n) is 18.1. The van der Waals surface area contributed by atoms with Crippen LogP contribution in [0.1, 0.15) is 20.1 Å². The van der Waals surface area contributed by atoms with Crippen LogP contribution in [0.15, 0.2) is 12.7 Å². The van der Waals surface area contributed by atoms with Gasteiger partial charge in [-0.3, -0.25) is 14.4 Å². The van der Waals surface area contributed by atoms with Crippen molar-refractivity contribution in [2.45, 2.75) is 32.2 Å². The van der Waals surface area contributed by atoms with Gasteiger partial charge in [0.25, 0.3) is 0 Å². The molecule has 0 unspecified atom stereocenters. The molecule has 4 rings (SSSR count). The van der Waals surface area contributed by atoms with E-state index in [4.69, 9.17) is 9.47 Å². The average molecular weight is 420 g/mol. The highest BCUT2D eigenvalue weighted by molar-refractivity contribution is 5.83. The predicted molar refractivity (Wildman–Crippen MR) is 114 cm³/mol. The molecule has 0 bridgehead atoms. The molecule has 2 aliphatic rings. The van der Waals surface area contributed by atoms with Gasteiger partial charge in [-0.05, 0) is 13.8 Å². The second-order valence-corrected chi connectivity index (χ2v) is 8.33. The second-order valence-electron chi connectivity index (χ2n) is 8.33. The van der Waals surface area contributed by atoms with Crippen LogP contribution in [-0.2, 0) is 9.47 Å². The summed E-state index contributed by atoms with van der Waals surface area (Å²) in [6.45, 7) is 11.2. The molecule has 0 saturated carbocycles. The van der Waals surface area contributed by atoms with E-state index in [0.29, 0.717) is 6.04 Å². The van der Waals surface area contributed by atoms with Gasteiger partial charge in [0, 0.05) is 52.4 Å². The van der Waals surface area contributed by atoms with Gasteiger partial charge in [-0.1, -0.05) is 0 Å². The zero-order valence-corrected chi connectivity index (χ0v) is 18.1. The van der Waals surface area contributed by atoms with Gasteiger partial charge in [-0.2, -0.15) is 0 Å². The maximum absolute atomic E-state index is 9.80. The summed E-state index contributed by atoms with van der Waals surface area (Å²) in [6, 6.07) is 0.300. The first-order valence-electron chi connectivity index (χ1n) is 10.8. The molecule has 2 saturated heterocycles. The van der Waals surface area contributed by atoms with Crippen molar-refractivity contribution in [2.75, 3.05) is 71.0 Å². The van der Waals surface area contributed by atoms with Gasteiger partial charge in [-0.15, -0.1) is 0 Å². The molecule has 0 spiro atoms. The smallest absolute Gasteiger partial charge is 0.167 e. The highest BCUT2D eigenvalue weighted by Gasteiger charge is 2.30. The third-order valence-electron chi connectivity index (χ3n) is 6.02. The Hall–Kier alpha value is -1.85. The van der Waals surface area contributed by atoms with Gasteiger partial charge in [0.05, 0.1) is 32.3 Å². The van der Waals surface area contributed by atoms with Crippen molar-refractivity contribution in [2.24, 2.45) is 0 Å². The Bertz CT molecular complexity index is 824. The summed E-state index contributed by atoms with van der Waals surface area (Å²) in [6.07, 6.45) is 2.88. The number of anilines is 1. The number of ether oxygens (including phenoxy) is 2. The van der Waals surface area contributed by atoms with Crippen LogP contribution in [0.5, 0.6) is 0 Å². The molecule has 2 aromatic heterocycles. The van der Waals surface area contributed by atoms with Gasteiger partial charge >= 0.3 is 0 Å². The number of aromatic nitrogens is 4. The van der Waals surface area contributed by atoms with E-state index in [9.17, 15) is 5.11 Å². The van der Waals surface area contributed by atoms with Crippen LogP contribution in [-0.4, -0.2) is 113 Å². The summed E-state index contributed by atoms with van der Waals surface area (Å²) in [5.41, 5.74) is 1.52. The molecule has 4 heterocycles. The standard InChI is InChI=1S/C20H33N7O3/c1-15(2)24(3)19-18-20(22-13-21-19)27(14-23-18)17-11-26(10-16(12-28)30-17)5-4-25-6-8-29-9-7-25/h13-17,28H,4-12H2,1-3H3/t16-,17+/m0/s1. The Morgan fingerprint density at radius 3 is 2.63 bits per heavy atom. The summed E-state index contributed by atoms with van der Waals surface area (Å²) < 4.78 is 13.6. The molecule has 10 heteroatoms. The van der Waals surface area contributed by atoms with Gasteiger partial charge in [0.2, 0.25) is 0 Å². The molecule has 0 radical (unpaired) electrons. The molecule has 30 heavy (non-hydrogen) atoms. The number of hydrogen-bond donors (Lipinski definition) is 1. The SMILES string of the molecule is CC(C)N(C)c1ncnc2c1ncn2[C@H]1CN(CCN2CCOCC2)C[C@@H](CO)O1. The van der Waals surface area contributed by atoms with Crippen molar-refractivity contribution in [3.05, 3.63) is 12.7 Å². The normalized spacial score (nSPS) is 24.0. The number of imidazole rings is 1. The molecule has 0 aliphatic carbocycles. The summed E-state index contributed by atoms with van der Waals surface area (Å²) in [7, 11) is 2.01. The number of morpholine rings is 2. The van der Waals surface area contributed by atoms with Gasteiger partial charge in [0.15, 0.2) is 17.0 Å². The van der Waals surface area contributed by atoms with E-state index >= 15 is 0 Å². The molecule has 2 fully saturated rings. The molecule has 2 atom stereocenters. The Kier molecular flexibility index (Phi) is 6.79. The van der Waals surface area contributed by atoms with Crippen LogP contribution >= 0.6 is 0 Å². The van der Waals surface area contributed by atoms with E-state index in [2.05, 4.69) is 43.5 Å². The molecular weight excluding hydrogens is 386 g/mol. The molecule has 1 N–H and O–H groups in total. The van der Waals surface area contributed by atoms with E-state index in [0.717, 1.165) is 69.5 Å². The molecule has 2 aromatic rings. The quantitative estimate of drug-likeness (QED) is 0.675. The number of aliphatic hydroxyl groups excluding tert-OH is 1. The lowest BCUT2D eigenvalue weighted by molar-refractivity contribution is -0.134. The van der Waals surface area contributed by atoms with E-state index in [1.807, 2.05) is 11.6 Å². The minimum absolute atomic E-state index is 0.00644. The number of hydrogen-bond acceptors (Lipinski definition) is 9. The summed E-state index contributed by atoms with van der Waals surface area (Å²) in [4.78, 5) is 20.4. The molecule has 2 aliphatic heterocycles. The Balaban J connectivity index is 1.51. The topological polar surface area (TPSA) is 92.0 Å². The second kappa shape index (κ2) is 9.52. The number of nitrogens with zero attached hydrogens (tertiary/aromatic N) is 7. The highest BCUT2D eigenvalue weighted by Crippen LogP contribution is 2.27. The van der Waals surface area contributed by atoms with Crippen molar-refractivity contribution < 1.29 is 14.6 Å². The Morgan fingerprint density at radius 2 is 1.90 bits per heavy atom. The fraction of sp³-hybridized carbons (Fsp3) is 0.750. The fourth-order valence-electron chi connectivity index (χ4n) is 3.99. The molecular formula is C20H33N7O3. The number of fused-ring (bicyclic) bond motifs is 1. The van der Waals surface area contributed by atoms with E-state index < -0.39 is 0 Å². The van der Waals surface area contributed by atoms with Crippen LogP contribution < -0.4 is 4.90 Å². The minimum Gasteiger partial charge on any atom is -0.394 e. The number of rotatable bonds is 7. The Labute approximate surface area is 177 Å². The Morgan fingerprint density at radius 1 is 1.13 bits per heavy atom. The third kappa shape index (κ3) is 4.57. The first-order valence-corrected chi connectivity index (χ1v) is 10.8. The summed E-state index contributed by atoms with van der Waals surface area (Å²) >= 11 is 0. The van der Waals surface area contributed by atoms with Crippen molar-refractivity contribution in [1.82, 2.24) is 29.3 Å². The summed E-state index contributed by atoms with van der Waals surface area (Å²) in [5.74, 6) is 0.812. The van der Waals surface area contributed by atoms with Crippen molar-refractivity contribution in [3.8, 4) is 0 Å². The lowest BCUT2D eigenvalue weighted by atomic mass is 10.2. The largest absolute Gasteiger partial charge is 0.394 e. The van der Waals surface area contributed by atoms with Gasteiger partial charge < -0.3 is 19.5 Å². The van der Waals surface area contributed by atoms with Crippen LogP contribution in [0.2, 0.25) is 0 Å². The van der Waals surface area contributed by atoms with Crippen molar-refractivity contribution in [3.63, 3.8) is 0 Å². The predicted octanol–water partition coefficient (Wildman–Crippen LogP) is 0.195. The first kappa shape index (κ1) is 21.4. The maximum atomic E-state index is 9.80. The lowest BCUT2D eigenvalue weighted by Crippen LogP contribution is -2.50. The zero-order chi connectivity index (χ0) is 21.1. The van der Waals surface area contributed by atoms with Crippen molar-refractivity contribution >= 4 is 17.0 Å². The van der Waals surface area contributed by atoms with Gasteiger partial charge in [0.1, 0.15) is 12.6 Å². The van der Waals surface area contributed by atoms with Crippen LogP contribution in [0.25, 0.3) is 11.2 Å². The number of aliphatic hydroxyl groups is 1. The summed E-state index contributed by atoms with van der Waals surface area (Å²) in [5, 5.41) is 9.80.